The first-order chi connectivity index (χ1) is 42.9. The summed E-state index contributed by atoms with van der Waals surface area (Å²) in [5.74, 6) is 0.787. The van der Waals surface area contributed by atoms with Crippen LogP contribution in [0.25, 0.3) is 108 Å². The second-order valence-electron chi connectivity index (χ2n) is 26.7. The summed E-state index contributed by atoms with van der Waals surface area (Å²) in [5, 5.41) is 20.4. The van der Waals surface area contributed by atoms with Crippen LogP contribution >= 0.6 is 0 Å². The summed E-state index contributed by atoms with van der Waals surface area (Å²) in [7, 11) is 0. The Morgan fingerprint density at radius 2 is 0.511 bits per heavy atom. The molecular formula is C86H68N2. The predicted molar refractivity (Wildman–Crippen MR) is 379 cm³/mol. The molecule has 0 N–H and O–H groups in total. The highest BCUT2D eigenvalue weighted by Gasteiger charge is 2.40. The Morgan fingerprint density at radius 3 is 0.818 bits per heavy atom. The van der Waals surface area contributed by atoms with E-state index >= 15 is 0 Å². The van der Waals surface area contributed by atoms with Gasteiger partial charge >= 0.3 is 0 Å². The van der Waals surface area contributed by atoms with E-state index < -0.39 is 0 Å². The third kappa shape index (κ3) is 7.42. The van der Waals surface area contributed by atoms with Crippen molar-refractivity contribution in [2.45, 2.75) is 78.1 Å². The van der Waals surface area contributed by atoms with Gasteiger partial charge in [-0.05, 0) is 181 Å². The quantitative estimate of drug-likeness (QED) is 0.0850. The van der Waals surface area contributed by atoms with Crippen LogP contribution in [0.2, 0.25) is 0 Å². The van der Waals surface area contributed by atoms with Crippen LogP contribution in [-0.4, -0.2) is 0 Å². The molecule has 0 amide bonds. The number of rotatable bonds is 8. The molecule has 2 heteroatoms. The highest BCUT2D eigenvalue weighted by atomic mass is 15.2. The third-order valence-corrected chi connectivity index (χ3v) is 20.5. The molecule has 422 valence electrons. The average Bonchev–Trinajstić information content (AvgIpc) is 1.43. The van der Waals surface area contributed by atoms with Crippen LogP contribution in [0.1, 0.15) is 101 Å². The fourth-order valence-corrected chi connectivity index (χ4v) is 16.1. The van der Waals surface area contributed by atoms with E-state index in [1.165, 1.54) is 142 Å². The Kier molecular flexibility index (Phi) is 11.4. The summed E-state index contributed by atoms with van der Waals surface area (Å²) >= 11 is 0. The topological polar surface area (TPSA) is 6.48 Å². The lowest BCUT2D eigenvalue weighted by Gasteiger charge is -2.34. The SMILES string of the molecule is CC(C)c1ccc(N(c2ccc3c(c2)C(C)(C)c2ccc4c5ccccc5c5ccccc5c4c2-3)c2c3ccccc3c(N(c3ccc(C(C)C)cc3)c3ccc4c(c3)C(C)(C)c3ccc5c6ccccc6c6ccccc6c5c3-4)c3ccccc23)cc1. The second-order valence-corrected chi connectivity index (χ2v) is 26.7. The number of hydrogen-bond donors (Lipinski definition) is 0. The lowest BCUT2D eigenvalue weighted by Crippen LogP contribution is -2.18. The summed E-state index contributed by atoms with van der Waals surface area (Å²) in [5.41, 5.74) is 19.7. The van der Waals surface area contributed by atoms with Gasteiger partial charge in [-0.25, -0.2) is 0 Å². The molecule has 17 rings (SSSR count). The van der Waals surface area contributed by atoms with Gasteiger partial charge in [-0.15, -0.1) is 0 Å². The number of nitrogens with zero attached hydrogens (tertiary/aromatic N) is 2. The fraction of sp³-hybridized carbons (Fsp3) is 0.140. The molecule has 88 heavy (non-hydrogen) atoms. The van der Waals surface area contributed by atoms with Crippen molar-refractivity contribution in [3.05, 3.63) is 288 Å². The number of anilines is 6. The first-order valence-electron chi connectivity index (χ1n) is 31.6. The van der Waals surface area contributed by atoms with E-state index in [1.54, 1.807) is 0 Å². The molecule has 0 aliphatic heterocycles. The van der Waals surface area contributed by atoms with Crippen LogP contribution in [0.3, 0.4) is 0 Å². The zero-order valence-electron chi connectivity index (χ0n) is 51.3. The van der Waals surface area contributed by atoms with Crippen molar-refractivity contribution in [2.75, 3.05) is 9.80 Å². The van der Waals surface area contributed by atoms with Crippen molar-refractivity contribution >= 4 is 120 Å². The van der Waals surface area contributed by atoms with E-state index in [1.807, 2.05) is 0 Å². The molecule has 0 radical (unpaired) electrons. The minimum atomic E-state index is -0.282. The highest BCUT2D eigenvalue weighted by Crippen LogP contribution is 2.59. The van der Waals surface area contributed by atoms with Gasteiger partial charge in [0.15, 0.2) is 0 Å². The summed E-state index contributed by atoms with van der Waals surface area (Å²) in [6.07, 6.45) is 0. The summed E-state index contributed by atoms with van der Waals surface area (Å²) in [6.45, 7) is 18.9. The average molecular weight is 1130 g/mol. The molecule has 15 aromatic rings. The molecule has 15 aromatic carbocycles. The molecule has 0 saturated heterocycles. The van der Waals surface area contributed by atoms with E-state index in [4.69, 9.17) is 0 Å². The molecular weight excluding hydrogens is 1060 g/mol. The molecule has 2 aliphatic carbocycles. The van der Waals surface area contributed by atoms with E-state index in [-0.39, 0.29) is 10.8 Å². The van der Waals surface area contributed by atoms with Gasteiger partial charge in [0.1, 0.15) is 0 Å². The molecule has 0 fully saturated rings. The predicted octanol–water partition coefficient (Wildman–Crippen LogP) is 24.7. The summed E-state index contributed by atoms with van der Waals surface area (Å²) < 4.78 is 0. The Bertz CT molecular complexity index is 4980. The van der Waals surface area contributed by atoms with Gasteiger partial charge in [-0.1, -0.05) is 262 Å². The van der Waals surface area contributed by atoms with Crippen LogP contribution in [-0.2, 0) is 10.8 Å². The van der Waals surface area contributed by atoms with Crippen molar-refractivity contribution in [3.8, 4) is 22.3 Å². The van der Waals surface area contributed by atoms with Crippen LogP contribution < -0.4 is 9.80 Å². The van der Waals surface area contributed by atoms with Gasteiger partial charge in [-0.3, -0.25) is 0 Å². The maximum Gasteiger partial charge on any atom is 0.0619 e. The molecule has 0 aromatic heterocycles. The maximum atomic E-state index is 2.58. The Labute approximate surface area is 515 Å². The standard InChI is InChI=1S/C86H68N2/c1-51(2)53-33-37-55(38-34-53)87(57-41-43-73-77(49-57)85(5,6)75-47-45-67-63-25-11-9-21-59(63)61-23-13-15-27-65(61)79(67)81(73)75)83-69-29-17-19-31-71(69)84(72-32-20-18-30-70(72)83)88(56-39-35-54(36-40-56)52(3)4)58-42-44-74-78(50-58)86(7,8)76-48-46-68-64-26-12-10-22-60(64)62-24-14-16-28-66(62)80(68)82(74)76/h9-52H,1-8H3. The zero-order chi connectivity index (χ0) is 59.5. The van der Waals surface area contributed by atoms with Crippen LogP contribution in [0, 0.1) is 0 Å². The largest absolute Gasteiger partial charge is 0.309 e. The van der Waals surface area contributed by atoms with E-state index in [0.29, 0.717) is 11.8 Å². The first-order valence-corrected chi connectivity index (χ1v) is 31.6. The first kappa shape index (κ1) is 52.3. The summed E-state index contributed by atoms with van der Waals surface area (Å²) in [4.78, 5) is 5.15. The zero-order valence-corrected chi connectivity index (χ0v) is 51.3. The van der Waals surface area contributed by atoms with Crippen LogP contribution in [0.4, 0.5) is 34.1 Å². The molecule has 0 heterocycles. The van der Waals surface area contributed by atoms with Gasteiger partial charge in [0.2, 0.25) is 0 Å². The molecule has 2 aliphatic rings. The van der Waals surface area contributed by atoms with Crippen molar-refractivity contribution in [3.63, 3.8) is 0 Å². The Hall–Kier alpha value is -10.0. The van der Waals surface area contributed by atoms with Crippen molar-refractivity contribution < 1.29 is 0 Å². The van der Waals surface area contributed by atoms with Gasteiger partial charge in [0.25, 0.3) is 0 Å². The molecule has 0 unspecified atom stereocenters. The van der Waals surface area contributed by atoms with Crippen molar-refractivity contribution in [1.82, 2.24) is 0 Å². The maximum absolute atomic E-state index is 2.58. The van der Waals surface area contributed by atoms with Gasteiger partial charge in [-0.2, -0.15) is 0 Å². The number of benzene rings is 15. The number of hydrogen-bond acceptors (Lipinski definition) is 2. The monoisotopic (exact) mass is 1130 g/mol. The Morgan fingerprint density at radius 1 is 0.250 bits per heavy atom. The van der Waals surface area contributed by atoms with Crippen molar-refractivity contribution in [1.29, 1.82) is 0 Å². The fourth-order valence-electron chi connectivity index (χ4n) is 16.1. The molecule has 0 saturated carbocycles. The van der Waals surface area contributed by atoms with E-state index in [0.717, 1.165) is 34.1 Å². The van der Waals surface area contributed by atoms with Gasteiger partial charge in [0, 0.05) is 55.1 Å². The third-order valence-electron chi connectivity index (χ3n) is 20.5. The molecule has 0 spiro atoms. The Balaban J connectivity index is 0.903. The van der Waals surface area contributed by atoms with E-state index in [2.05, 4.69) is 320 Å². The second kappa shape index (κ2) is 19.2. The molecule has 0 atom stereocenters. The minimum Gasteiger partial charge on any atom is -0.309 e. The van der Waals surface area contributed by atoms with Crippen LogP contribution in [0.5, 0.6) is 0 Å². The minimum absolute atomic E-state index is 0.282. The van der Waals surface area contributed by atoms with Crippen molar-refractivity contribution in [2.24, 2.45) is 0 Å². The van der Waals surface area contributed by atoms with Crippen LogP contribution in [0.15, 0.2) is 255 Å². The van der Waals surface area contributed by atoms with E-state index in [9.17, 15) is 0 Å². The number of fused-ring (bicyclic) bond motifs is 22. The normalized spacial score (nSPS) is 13.8. The highest BCUT2D eigenvalue weighted by molar-refractivity contribution is 6.31. The summed E-state index contributed by atoms with van der Waals surface area (Å²) in [6, 6.07) is 97.6. The molecule has 0 bridgehead atoms. The lowest BCUT2D eigenvalue weighted by molar-refractivity contribution is 0.661. The van der Waals surface area contributed by atoms with Gasteiger partial charge < -0.3 is 9.80 Å². The van der Waals surface area contributed by atoms with Gasteiger partial charge in [0.05, 0.1) is 11.4 Å². The molecule has 2 nitrogen and oxygen atoms in total. The lowest BCUT2D eigenvalue weighted by atomic mass is 9.81. The smallest absolute Gasteiger partial charge is 0.0619 e.